The fourth-order valence-corrected chi connectivity index (χ4v) is 3.22. The summed E-state index contributed by atoms with van der Waals surface area (Å²) in [5.41, 5.74) is 13.3. The van der Waals surface area contributed by atoms with Gasteiger partial charge in [-0.3, -0.25) is 4.98 Å². The van der Waals surface area contributed by atoms with Crippen LogP contribution in [0.1, 0.15) is 35.5 Å². The standard InChI is InChI=1S/C18H22N2O/c1-11-9-14(10-12(2)20-11)15-5-4-6-17-16(15)7-8-21-18(17)13(3)19/h4-6,9-10,13,18H,7-8,19H2,1-3H3/t13-,18?/m0/s1. The minimum absolute atomic E-state index is 0.000197. The minimum Gasteiger partial charge on any atom is -0.372 e. The molecule has 0 radical (unpaired) electrons. The van der Waals surface area contributed by atoms with Crippen LogP contribution in [0.3, 0.4) is 0 Å². The zero-order chi connectivity index (χ0) is 15.0. The molecule has 0 fully saturated rings. The Bertz CT molecular complexity index is 644. The molecule has 2 N–H and O–H groups in total. The number of nitrogens with two attached hydrogens (primary N) is 1. The SMILES string of the molecule is Cc1cc(-c2cccc3c2CCOC3[C@H](C)N)cc(C)n1. The Hall–Kier alpha value is -1.71. The van der Waals surface area contributed by atoms with E-state index in [1.165, 1.54) is 22.3 Å². The van der Waals surface area contributed by atoms with Crippen molar-refractivity contribution in [3.05, 3.63) is 52.8 Å². The summed E-state index contributed by atoms with van der Waals surface area (Å²) in [6.45, 7) is 6.83. The maximum atomic E-state index is 6.08. The average Bonchev–Trinajstić information content (AvgIpc) is 2.44. The molecule has 1 aromatic heterocycles. The van der Waals surface area contributed by atoms with E-state index >= 15 is 0 Å². The third-order valence-electron chi connectivity index (χ3n) is 4.04. The van der Waals surface area contributed by atoms with Crippen LogP contribution in [-0.4, -0.2) is 17.6 Å². The summed E-state index contributed by atoms with van der Waals surface area (Å²) in [5.74, 6) is 0. The Labute approximate surface area is 126 Å². The van der Waals surface area contributed by atoms with Crippen LogP contribution in [0.15, 0.2) is 30.3 Å². The van der Waals surface area contributed by atoms with Gasteiger partial charge in [-0.25, -0.2) is 0 Å². The van der Waals surface area contributed by atoms with Gasteiger partial charge in [-0.2, -0.15) is 0 Å². The summed E-state index contributed by atoms with van der Waals surface area (Å²) in [6, 6.07) is 10.7. The lowest BCUT2D eigenvalue weighted by Crippen LogP contribution is -2.31. The number of hydrogen-bond donors (Lipinski definition) is 1. The predicted molar refractivity (Wildman–Crippen MR) is 85.2 cm³/mol. The highest BCUT2D eigenvalue weighted by atomic mass is 16.5. The van der Waals surface area contributed by atoms with Crippen LogP contribution in [-0.2, 0) is 11.2 Å². The van der Waals surface area contributed by atoms with E-state index in [1.807, 2.05) is 20.8 Å². The van der Waals surface area contributed by atoms with Crippen molar-refractivity contribution in [2.24, 2.45) is 5.73 Å². The van der Waals surface area contributed by atoms with E-state index in [2.05, 4.69) is 35.3 Å². The summed E-state index contributed by atoms with van der Waals surface area (Å²) in [4.78, 5) is 4.47. The third kappa shape index (κ3) is 2.71. The summed E-state index contributed by atoms with van der Waals surface area (Å²) in [6.07, 6.45) is 0.938. The second-order valence-electron chi connectivity index (χ2n) is 5.91. The largest absolute Gasteiger partial charge is 0.372 e. The van der Waals surface area contributed by atoms with Crippen LogP contribution >= 0.6 is 0 Å². The van der Waals surface area contributed by atoms with Crippen LogP contribution in [0.5, 0.6) is 0 Å². The first kappa shape index (κ1) is 14.2. The van der Waals surface area contributed by atoms with E-state index in [4.69, 9.17) is 10.5 Å². The number of aromatic nitrogens is 1. The highest BCUT2D eigenvalue weighted by molar-refractivity contribution is 5.70. The quantitative estimate of drug-likeness (QED) is 0.919. The summed E-state index contributed by atoms with van der Waals surface area (Å²) >= 11 is 0. The second-order valence-corrected chi connectivity index (χ2v) is 5.91. The highest BCUT2D eigenvalue weighted by Gasteiger charge is 2.25. The number of nitrogens with zero attached hydrogens (tertiary/aromatic N) is 1. The molecule has 2 atom stereocenters. The Morgan fingerprint density at radius 2 is 1.95 bits per heavy atom. The molecular formula is C18H22N2O. The van der Waals surface area contributed by atoms with Gasteiger partial charge >= 0.3 is 0 Å². The van der Waals surface area contributed by atoms with Crippen molar-refractivity contribution in [2.45, 2.75) is 39.3 Å². The molecule has 2 aromatic rings. The number of pyridine rings is 1. The van der Waals surface area contributed by atoms with E-state index in [-0.39, 0.29) is 12.1 Å². The molecule has 0 saturated carbocycles. The molecule has 0 spiro atoms. The van der Waals surface area contributed by atoms with Gasteiger partial charge in [0.15, 0.2) is 0 Å². The molecule has 2 heterocycles. The van der Waals surface area contributed by atoms with Crippen molar-refractivity contribution in [1.82, 2.24) is 4.98 Å². The van der Waals surface area contributed by atoms with Crippen molar-refractivity contribution in [1.29, 1.82) is 0 Å². The number of benzene rings is 1. The molecule has 1 unspecified atom stereocenters. The molecule has 3 nitrogen and oxygen atoms in total. The number of rotatable bonds is 2. The first-order valence-electron chi connectivity index (χ1n) is 7.51. The fraction of sp³-hybridized carbons (Fsp3) is 0.389. The molecule has 0 saturated heterocycles. The first-order chi connectivity index (χ1) is 10.1. The zero-order valence-corrected chi connectivity index (χ0v) is 12.9. The lowest BCUT2D eigenvalue weighted by molar-refractivity contribution is 0.0286. The first-order valence-corrected chi connectivity index (χ1v) is 7.51. The summed E-state index contributed by atoms with van der Waals surface area (Å²) in [7, 11) is 0. The maximum absolute atomic E-state index is 6.08. The van der Waals surface area contributed by atoms with E-state index < -0.39 is 0 Å². The van der Waals surface area contributed by atoms with E-state index in [0.29, 0.717) is 0 Å². The lowest BCUT2D eigenvalue weighted by atomic mass is 9.88. The number of ether oxygens (including phenoxy) is 1. The van der Waals surface area contributed by atoms with Crippen LogP contribution in [0, 0.1) is 13.8 Å². The smallest absolute Gasteiger partial charge is 0.0975 e. The number of aryl methyl sites for hydroxylation is 2. The third-order valence-corrected chi connectivity index (χ3v) is 4.04. The molecular weight excluding hydrogens is 260 g/mol. The molecule has 1 aliphatic heterocycles. The van der Waals surface area contributed by atoms with Gasteiger partial charge in [-0.15, -0.1) is 0 Å². The zero-order valence-electron chi connectivity index (χ0n) is 12.9. The topological polar surface area (TPSA) is 48.1 Å². The van der Waals surface area contributed by atoms with E-state index in [9.17, 15) is 0 Å². The average molecular weight is 282 g/mol. The van der Waals surface area contributed by atoms with Crippen LogP contribution < -0.4 is 5.73 Å². The van der Waals surface area contributed by atoms with Gasteiger partial charge in [-0.1, -0.05) is 18.2 Å². The van der Waals surface area contributed by atoms with Gasteiger partial charge in [0.25, 0.3) is 0 Å². The van der Waals surface area contributed by atoms with Gasteiger partial charge in [0.2, 0.25) is 0 Å². The molecule has 21 heavy (non-hydrogen) atoms. The Kier molecular flexibility index (Phi) is 3.79. The van der Waals surface area contributed by atoms with E-state index in [0.717, 1.165) is 24.4 Å². The van der Waals surface area contributed by atoms with Gasteiger partial charge in [-0.05, 0) is 61.6 Å². The van der Waals surface area contributed by atoms with Gasteiger partial charge in [0, 0.05) is 17.4 Å². The van der Waals surface area contributed by atoms with Crippen molar-refractivity contribution in [3.63, 3.8) is 0 Å². The van der Waals surface area contributed by atoms with Crippen molar-refractivity contribution in [3.8, 4) is 11.1 Å². The fourth-order valence-electron chi connectivity index (χ4n) is 3.22. The predicted octanol–water partition coefficient (Wildman–Crippen LogP) is 3.33. The maximum Gasteiger partial charge on any atom is 0.0975 e. The summed E-state index contributed by atoms with van der Waals surface area (Å²) in [5, 5.41) is 0. The molecule has 3 rings (SSSR count). The van der Waals surface area contributed by atoms with Crippen LogP contribution in [0.2, 0.25) is 0 Å². The highest BCUT2D eigenvalue weighted by Crippen LogP contribution is 2.35. The van der Waals surface area contributed by atoms with Crippen molar-refractivity contribution in [2.75, 3.05) is 6.61 Å². The van der Waals surface area contributed by atoms with Crippen molar-refractivity contribution < 1.29 is 4.74 Å². The second kappa shape index (κ2) is 5.58. The lowest BCUT2D eigenvalue weighted by Gasteiger charge is -2.30. The molecule has 0 bridgehead atoms. The van der Waals surface area contributed by atoms with Crippen LogP contribution in [0.25, 0.3) is 11.1 Å². The van der Waals surface area contributed by atoms with Gasteiger partial charge < -0.3 is 10.5 Å². The number of hydrogen-bond acceptors (Lipinski definition) is 3. The number of fused-ring (bicyclic) bond motifs is 1. The van der Waals surface area contributed by atoms with Gasteiger partial charge in [0.1, 0.15) is 0 Å². The molecule has 1 aromatic carbocycles. The van der Waals surface area contributed by atoms with Crippen LogP contribution in [0.4, 0.5) is 0 Å². The Morgan fingerprint density at radius 3 is 2.62 bits per heavy atom. The summed E-state index contributed by atoms with van der Waals surface area (Å²) < 4.78 is 5.87. The minimum atomic E-state index is -0.00210. The van der Waals surface area contributed by atoms with Crippen molar-refractivity contribution >= 4 is 0 Å². The normalized spacial score (nSPS) is 19.1. The Balaban J connectivity index is 2.14. The monoisotopic (exact) mass is 282 g/mol. The van der Waals surface area contributed by atoms with E-state index in [1.54, 1.807) is 0 Å². The molecule has 0 aliphatic carbocycles. The Morgan fingerprint density at radius 1 is 1.24 bits per heavy atom. The van der Waals surface area contributed by atoms with Gasteiger partial charge in [0.05, 0.1) is 12.7 Å². The molecule has 0 amide bonds. The molecule has 1 aliphatic rings. The molecule has 3 heteroatoms. The molecule has 110 valence electrons.